The number of anilines is 7. The number of rotatable bonds is 10. The molecule has 2 heterocycles. The average Bonchev–Trinajstić information content (AvgIpc) is 2.89. The maximum atomic E-state index is 14.6. The summed E-state index contributed by atoms with van der Waals surface area (Å²) in [5, 5.41) is 18.4. The van der Waals surface area contributed by atoms with Crippen LogP contribution in [-0.4, -0.2) is 69.3 Å². The van der Waals surface area contributed by atoms with Crippen molar-refractivity contribution in [3.05, 3.63) is 60.6 Å². The van der Waals surface area contributed by atoms with Crippen molar-refractivity contribution in [2.24, 2.45) is 0 Å². The fraction of sp³-hybridized carbons (Fsp3) is 0.231. The van der Waals surface area contributed by atoms with Crippen molar-refractivity contribution in [2.45, 2.75) is 18.4 Å². The standard InChI is InChI=1S/C26H26B2FN7O4/c1-4-23(38)32-18-12-19(21(13-17(18)30-2)40-26(27,28)39)33-25-31-8-7-22(34-25)36(14-37)20-11-16(29)10-15-6-5-9-35(3)24(15)20/h4,7-8,10-14,30,39H,1,5-6,9H2,2-3H3,(H,32,38)(H,31,33,34). The van der Waals surface area contributed by atoms with Crippen molar-refractivity contribution in [3.8, 4) is 5.75 Å². The normalized spacial score (nSPS) is 12.7. The summed E-state index contributed by atoms with van der Waals surface area (Å²) in [6, 6.07) is 7.15. The van der Waals surface area contributed by atoms with E-state index in [0.29, 0.717) is 29.9 Å². The Balaban J connectivity index is 1.76. The molecule has 1 aliphatic rings. The van der Waals surface area contributed by atoms with E-state index in [0.717, 1.165) is 30.3 Å². The third-order valence-electron chi connectivity index (χ3n) is 6.06. The molecule has 4 radical (unpaired) electrons. The Kier molecular flexibility index (Phi) is 8.29. The maximum absolute atomic E-state index is 14.6. The number of amides is 2. The average molecular weight is 541 g/mol. The van der Waals surface area contributed by atoms with E-state index in [2.05, 4.69) is 32.5 Å². The van der Waals surface area contributed by atoms with E-state index in [9.17, 15) is 19.1 Å². The molecule has 2 amide bonds. The van der Waals surface area contributed by atoms with E-state index in [1.54, 1.807) is 7.05 Å². The van der Waals surface area contributed by atoms with Gasteiger partial charge in [-0.05, 0) is 42.7 Å². The molecule has 4 rings (SSSR count). The number of ether oxygens (including phenoxy) is 1. The lowest BCUT2D eigenvalue weighted by molar-refractivity contribution is -0.112. The number of fused-ring (bicyclic) bond motifs is 1. The second-order valence-corrected chi connectivity index (χ2v) is 8.99. The minimum absolute atomic E-state index is 0.00335. The highest BCUT2D eigenvalue weighted by Gasteiger charge is 2.25. The molecule has 0 aliphatic carbocycles. The van der Waals surface area contributed by atoms with Crippen LogP contribution in [0.2, 0.25) is 0 Å². The van der Waals surface area contributed by atoms with Gasteiger partial charge in [-0.15, -0.1) is 0 Å². The molecule has 14 heteroatoms. The highest BCUT2D eigenvalue weighted by atomic mass is 19.1. The number of benzene rings is 2. The number of aromatic nitrogens is 2. The van der Waals surface area contributed by atoms with Crippen LogP contribution in [0, 0.1) is 5.82 Å². The number of nitrogens with zero attached hydrogens (tertiary/aromatic N) is 4. The molecule has 2 aromatic carbocycles. The van der Waals surface area contributed by atoms with Gasteiger partial charge < -0.3 is 30.7 Å². The summed E-state index contributed by atoms with van der Waals surface area (Å²) in [5.41, 5.74) is 0.211. The molecular formula is C26H26B2FN7O4. The first-order valence-electron chi connectivity index (χ1n) is 12.2. The van der Waals surface area contributed by atoms with Crippen molar-refractivity contribution >= 4 is 68.2 Å². The molecule has 0 unspecified atom stereocenters. The summed E-state index contributed by atoms with van der Waals surface area (Å²) >= 11 is 0. The lowest BCUT2D eigenvalue weighted by atomic mass is 9.76. The molecule has 0 bridgehead atoms. The first-order chi connectivity index (χ1) is 19.0. The molecular weight excluding hydrogens is 515 g/mol. The summed E-state index contributed by atoms with van der Waals surface area (Å²) in [5.74, 6) is -0.810. The molecule has 1 aliphatic heterocycles. The molecule has 0 saturated heterocycles. The Morgan fingerprint density at radius 2 is 2.05 bits per heavy atom. The Hall–Kier alpha value is -4.58. The van der Waals surface area contributed by atoms with Crippen molar-refractivity contribution in [3.63, 3.8) is 0 Å². The summed E-state index contributed by atoms with van der Waals surface area (Å²) in [6.07, 6.45) is 4.59. The lowest BCUT2D eigenvalue weighted by Gasteiger charge is -2.32. The second kappa shape index (κ2) is 11.7. The predicted molar refractivity (Wildman–Crippen MR) is 153 cm³/mol. The zero-order valence-corrected chi connectivity index (χ0v) is 21.9. The molecule has 1 aromatic heterocycles. The van der Waals surface area contributed by atoms with Crippen LogP contribution >= 0.6 is 0 Å². The molecule has 0 atom stereocenters. The highest BCUT2D eigenvalue weighted by molar-refractivity contribution is 6.37. The largest absolute Gasteiger partial charge is 0.479 e. The zero-order valence-electron chi connectivity index (χ0n) is 21.9. The molecule has 3 aromatic rings. The number of carbonyl (C=O) groups is 2. The Labute approximate surface area is 233 Å². The van der Waals surface area contributed by atoms with Gasteiger partial charge in [-0.25, -0.2) is 9.37 Å². The van der Waals surface area contributed by atoms with Crippen molar-refractivity contribution in [1.29, 1.82) is 0 Å². The molecule has 202 valence electrons. The predicted octanol–water partition coefficient (Wildman–Crippen LogP) is 2.52. The Bertz CT molecular complexity index is 1450. The number of halogens is 1. The molecule has 0 fully saturated rings. The summed E-state index contributed by atoms with van der Waals surface area (Å²) in [7, 11) is 14.4. The van der Waals surface area contributed by atoms with Gasteiger partial charge in [0.1, 0.15) is 23.0 Å². The topological polar surface area (TPSA) is 132 Å². The maximum Gasteiger partial charge on any atom is 0.247 e. The van der Waals surface area contributed by atoms with E-state index in [-0.39, 0.29) is 23.2 Å². The van der Waals surface area contributed by atoms with Gasteiger partial charge in [-0.3, -0.25) is 14.5 Å². The second-order valence-electron chi connectivity index (χ2n) is 8.99. The van der Waals surface area contributed by atoms with Gasteiger partial charge in [-0.2, -0.15) is 4.98 Å². The van der Waals surface area contributed by atoms with Crippen molar-refractivity contribution in [1.82, 2.24) is 9.97 Å². The van der Waals surface area contributed by atoms with Gasteiger partial charge >= 0.3 is 0 Å². The fourth-order valence-electron chi connectivity index (χ4n) is 4.40. The van der Waals surface area contributed by atoms with Gasteiger partial charge in [0.05, 0.1) is 28.4 Å². The van der Waals surface area contributed by atoms with E-state index in [1.165, 1.54) is 41.4 Å². The van der Waals surface area contributed by atoms with Crippen LogP contribution in [0.3, 0.4) is 0 Å². The Morgan fingerprint density at radius 1 is 1.27 bits per heavy atom. The van der Waals surface area contributed by atoms with Crippen LogP contribution in [0.1, 0.15) is 12.0 Å². The number of aryl methyl sites for hydroxylation is 1. The molecule has 0 saturated carbocycles. The summed E-state index contributed by atoms with van der Waals surface area (Å²) < 4.78 is 19.9. The number of aliphatic hydroxyl groups is 1. The van der Waals surface area contributed by atoms with E-state index < -0.39 is 17.3 Å². The van der Waals surface area contributed by atoms with Crippen LogP contribution in [-0.2, 0) is 16.0 Å². The van der Waals surface area contributed by atoms with Gasteiger partial charge in [0, 0.05) is 39.0 Å². The Morgan fingerprint density at radius 3 is 2.73 bits per heavy atom. The first-order valence-corrected chi connectivity index (χ1v) is 12.2. The number of hydrogen-bond acceptors (Lipinski definition) is 9. The number of carbonyl (C=O) groups excluding carboxylic acids is 2. The van der Waals surface area contributed by atoms with Gasteiger partial charge in [0.25, 0.3) is 0 Å². The van der Waals surface area contributed by atoms with E-state index in [4.69, 9.17) is 20.4 Å². The summed E-state index contributed by atoms with van der Waals surface area (Å²) in [6.45, 7) is 4.20. The number of hydrogen-bond donors (Lipinski definition) is 4. The third kappa shape index (κ3) is 6.34. The monoisotopic (exact) mass is 541 g/mol. The van der Waals surface area contributed by atoms with Crippen LogP contribution < -0.4 is 30.5 Å². The van der Waals surface area contributed by atoms with Crippen LogP contribution in [0.5, 0.6) is 5.75 Å². The number of nitrogens with one attached hydrogen (secondary N) is 3. The van der Waals surface area contributed by atoms with Crippen LogP contribution in [0.25, 0.3) is 0 Å². The smallest absolute Gasteiger partial charge is 0.247 e. The first kappa shape index (κ1) is 28.4. The van der Waals surface area contributed by atoms with E-state index in [1.807, 2.05) is 11.9 Å². The van der Waals surface area contributed by atoms with Gasteiger partial charge in [0.15, 0.2) is 15.7 Å². The highest BCUT2D eigenvalue weighted by Crippen LogP contribution is 2.40. The van der Waals surface area contributed by atoms with Gasteiger partial charge in [-0.1, -0.05) is 6.58 Å². The SMILES string of the molecule is [B]C([B])(O)Oc1cc(NC)c(NC(=O)C=C)cc1Nc1nccc(N(C=O)c2cc(F)cc3c2N(C)CCC3)n1. The molecule has 0 spiro atoms. The third-order valence-corrected chi connectivity index (χ3v) is 6.06. The minimum atomic E-state index is -2.53. The van der Waals surface area contributed by atoms with Crippen LogP contribution in [0.15, 0.2) is 49.2 Å². The molecule has 11 nitrogen and oxygen atoms in total. The van der Waals surface area contributed by atoms with Gasteiger partial charge in [0.2, 0.25) is 18.3 Å². The quantitative estimate of drug-likeness (QED) is 0.132. The van der Waals surface area contributed by atoms with Crippen LogP contribution in [0.4, 0.5) is 44.6 Å². The lowest BCUT2D eigenvalue weighted by Crippen LogP contribution is -2.36. The zero-order chi connectivity index (χ0) is 29.0. The molecule has 4 N–H and O–H groups in total. The summed E-state index contributed by atoms with van der Waals surface area (Å²) in [4.78, 5) is 36.1. The van der Waals surface area contributed by atoms with Crippen molar-refractivity contribution < 1.29 is 23.8 Å². The minimum Gasteiger partial charge on any atom is -0.479 e. The van der Waals surface area contributed by atoms with E-state index >= 15 is 0 Å². The fourth-order valence-corrected chi connectivity index (χ4v) is 4.40. The molecule has 40 heavy (non-hydrogen) atoms. The van der Waals surface area contributed by atoms with Crippen molar-refractivity contribution in [2.75, 3.05) is 46.4 Å².